The van der Waals surface area contributed by atoms with E-state index in [0.717, 1.165) is 12.0 Å². The molecule has 1 heterocycles. The fourth-order valence-electron chi connectivity index (χ4n) is 5.13. The Hall–Kier alpha value is -2.19. The largest absolute Gasteiger partial charge is 0.285 e. The molecule has 2 aromatic rings. The molecular formula is C23H22FN. The zero-order chi connectivity index (χ0) is 17.0. The molecule has 1 aliphatic heterocycles. The molecule has 3 aliphatic rings. The standard InChI is InChI=1S/C23H22FN/c1-15-10-11-22-19(12-15)20-13-16-6-2-4-8-18(16)23(20)25(22)14-17-7-3-5-9-21(17)24/h2-12,19-20,22-23H,13-14H2,1H3. The van der Waals surface area contributed by atoms with Crippen molar-refractivity contribution in [2.45, 2.75) is 32.0 Å². The van der Waals surface area contributed by atoms with Gasteiger partial charge in [-0.15, -0.1) is 0 Å². The molecule has 1 nitrogen and oxygen atoms in total. The van der Waals surface area contributed by atoms with Gasteiger partial charge in [-0.2, -0.15) is 0 Å². The highest BCUT2D eigenvalue weighted by atomic mass is 19.1. The van der Waals surface area contributed by atoms with Crippen molar-refractivity contribution in [3.05, 3.63) is 94.8 Å². The minimum Gasteiger partial charge on any atom is -0.285 e. The SMILES string of the molecule is CC1=CC2C3Cc4ccccc4C3N(Cc3ccccc3F)C2C=C1. The van der Waals surface area contributed by atoms with Crippen LogP contribution in [0.3, 0.4) is 0 Å². The highest BCUT2D eigenvalue weighted by molar-refractivity contribution is 5.41. The number of hydrogen-bond acceptors (Lipinski definition) is 1. The van der Waals surface area contributed by atoms with Crippen molar-refractivity contribution in [3.8, 4) is 0 Å². The topological polar surface area (TPSA) is 3.24 Å². The van der Waals surface area contributed by atoms with Crippen LogP contribution in [-0.2, 0) is 13.0 Å². The van der Waals surface area contributed by atoms with E-state index >= 15 is 0 Å². The molecule has 1 saturated heterocycles. The normalized spacial score (nSPS) is 29.9. The summed E-state index contributed by atoms with van der Waals surface area (Å²) in [4.78, 5) is 2.53. The smallest absolute Gasteiger partial charge is 0.127 e. The van der Waals surface area contributed by atoms with Crippen LogP contribution in [-0.4, -0.2) is 10.9 Å². The van der Waals surface area contributed by atoms with E-state index in [4.69, 9.17) is 0 Å². The number of fused-ring (bicyclic) bond motifs is 5. The molecule has 0 bridgehead atoms. The fraction of sp³-hybridized carbons (Fsp3) is 0.304. The van der Waals surface area contributed by atoms with E-state index in [0.29, 0.717) is 30.5 Å². The molecule has 2 heteroatoms. The second-order valence-corrected chi connectivity index (χ2v) is 7.61. The molecule has 0 saturated carbocycles. The summed E-state index contributed by atoms with van der Waals surface area (Å²) in [7, 11) is 0. The molecule has 0 radical (unpaired) electrons. The number of halogens is 1. The Morgan fingerprint density at radius 3 is 2.76 bits per heavy atom. The van der Waals surface area contributed by atoms with Gasteiger partial charge >= 0.3 is 0 Å². The lowest BCUT2D eigenvalue weighted by Gasteiger charge is -2.31. The second kappa shape index (κ2) is 5.67. The lowest BCUT2D eigenvalue weighted by molar-refractivity contribution is 0.195. The number of rotatable bonds is 2. The van der Waals surface area contributed by atoms with Crippen molar-refractivity contribution in [1.29, 1.82) is 0 Å². The van der Waals surface area contributed by atoms with E-state index in [1.807, 2.05) is 12.1 Å². The lowest BCUT2D eigenvalue weighted by atomic mass is 9.83. The van der Waals surface area contributed by atoms with Crippen LogP contribution in [0.2, 0.25) is 0 Å². The van der Waals surface area contributed by atoms with Gasteiger partial charge in [-0.3, -0.25) is 4.90 Å². The van der Waals surface area contributed by atoms with Crippen molar-refractivity contribution in [3.63, 3.8) is 0 Å². The van der Waals surface area contributed by atoms with Gasteiger partial charge in [0.15, 0.2) is 0 Å². The van der Waals surface area contributed by atoms with E-state index in [1.54, 1.807) is 12.1 Å². The summed E-state index contributed by atoms with van der Waals surface area (Å²) in [5, 5.41) is 0. The summed E-state index contributed by atoms with van der Waals surface area (Å²) in [6.07, 6.45) is 8.13. The highest BCUT2D eigenvalue weighted by Crippen LogP contribution is 2.54. The van der Waals surface area contributed by atoms with Crippen LogP contribution in [0.15, 0.2) is 72.3 Å². The monoisotopic (exact) mass is 331 g/mol. The van der Waals surface area contributed by atoms with Gasteiger partial charge in [-0.05, 0) is 36.5 Å². The quantitative estimate of drug-likeness (QED) is 0.744. The van der Waals surface area contributed by atoms with Crippen molar-refractivity contribution >= 4 is 0 Å². The van der Waals surface area contributed by atoms with Gasteiger partial charge in [0.1, 0.15) is 5.82 Å². The number of nitrogens with zero attached hydrogens (tertiary/aromatic N) is 1. The number of allylic oxidation sites excluding steroid dienone is 2. The average Bonchev–Trinajstić information content (AvgIpc) is 3.13. The van der Waals surface area contributed by atoms with Crippen LogP contribution in [0.4, 0.5) is 4.39 Å². The van der Waals surface area contributed by atoms with Crippen LogP contribution in [0.25, 0.3) is 0 Å². The number of benzene rings is 2. The highest BCUT2D eigenvalue weighted by Gasteiger charge is 2.51. The van der Waals surface area contributed by atoms with Crippen molar-refractivity contribution in [2.24, 2.45) is 11.8 Å². The van der Waals surface area contributed by atoms with Crippen LogP contribution in [0.1, 0.15) is 29.7 Å². The van der Waals surface area contributed by atoms with Crippen LogP contribution >= 0.6 is 0 Å². The van der Waals surface area contributed by atoms with E-state index in [1.165, 1.54) is 16.7 Å². The molecule has 5 rings (SSSR count). The second-order valence-electron chi connectivity index (χ2n) is 7.61. The fourth-order valence-corrected chi connectivity index (χ4v) is 5.13. The first-order chi connectivity index (χ1) is 12.2. The van der Waals surface area contributed by atoms with Crippen LogP contribution in [0.5, 0.6) is 0 Å². The summed E-state index contributed by atoms with van der Waals surface area (Å²) in [5.41, 5.74) is 5.06. The molecule has 2 aliphatic carbocycles. The molecule has 0 amide bonds. The molecule has 0 spiro atoms. The van der Waals surface area contributed by atoms with Crippen molar-refractivity contribution < 1.29 is 4.39 Å². The zero-order valence-corrected chi connectivity index (χ0v) is 14.4. The van der Waals surface area contributed by atoms with Crippen molar-refractivity contribution in [1.82, 2.24) is 4.90 Å². The van der Waals surface area contributed by atoms with Crippen LogP contribution in [0, 0.1) is 17.7 Å². The van der Waals surface area contributed by atoms with E-state index in [9.17, 15) is 4.39 Å². The number of hydrogen-bond donors (Lipinski definition) is 0. The van der Waals surface area contributed by atoms with Crippen LogP contribution < -0.4 is 0 Å². The van der Waals surface area contributed by atoms with E-state index < -0.39 is 0 Å². The Bertz CT molecular complexity index is 881. The Morgan fingerprint density at radius 1 is 1.08 bits per heavy atom. The molecule has 126 valence electrons. The zero-order valence-electron chi connectivity index (χ0n) is 14.4. The molecular weight excluding hydrogens is 309 g/mol. The van der Waals surface area contributed by atoms with Gasteiger partial charge < -0.3 is 0 Å². The van der Waals surface area contributed by atoms with E-state index in [2.05, 4.69) is 54.3 Å². The lowest BCUT2D eigenvalue weighted by Crippen LogP contribution is -2.33. The maximum absolute atomic E-state index is 14.3. The number of likely N-dealkylation sites (tertiary alicyclic amines) is 1. The molecule has 2 aromatic carbocycles. The molecule has 25 heavy (non-hydrogen) atoms. The molecule has 0 aromatic heterocycles. The van der Waals surface area contributed by atoms with Gasteiger partial charge in [-0.25, -0.2) is 4.39 Å². The summed E-state index contributed by atoms with van der Waals surface area (Å²) >= 11 is 0. The van der Waals surface area contributed by atoms with Gasteiger partial charge in [0, 0.05) is 30.1 Å². The Morgan fingerprint density at radius 2 is 1.88 bits per heavy atom. The molecule has 4 atom stereocenters. The van der Waals surface area contributed by atoms with Gasteiger partial charge in [0.05, 0.1) is 0 Å². The third-order valence-corrected chi connectivity index (χ3v) is 6.19. The minimum absolute atomic E-state index is 0.0970. The van der Waals surface area contributed by atoms with Gasteiger partial charge in [-0.1, -0.05) is 66.3 Å². The molecule has 4 unspecified atom stereocenters. The summed E-state index contributed by atoms with van der Waals surface area (Å²) in [6.45, 7) is 2.85. The van der Waals surface area contributed by atoms with E-state index in [-0.39, 0.29) is 5.82 Å². The molecule has 0 N–H and O–H groups in total. The third kappa shape index (κ3) is 2.31. The Labute approximate surface area is 148 Å². The average molecular weight is 331 g/mol. The summed E-state index contributed by atoms with van der Waals surface area (Å²) < 4.78 is 14.3. The van der Waals surface area contributed by atoms with Crippen molar-refractivity contribution in [2.75, 3.05) is 0 Å². The molecule has 1 fully saturated rings. The Kier molecular flexibility index (Phi) is 3.42. The first kappa shape index (κ1) is 15.1. The maximum atomic E-state index is 14.3. The maximum Gasteiger partial charge on any atom is 0.127 e. The predicted octanol–water partition coefficient (Wildman–Crippen LogP) is 5.06. The third-order valence-electron chi connectivity index (χ3n) is 6.19. The van der Waals surface area contributed by atoms with Gasteiger partial charge in [0.2, 0.25) is 0 Å². The first-order valence-electron chi connectivity index (χ1n) is 9.16. The summed E-state index contributed by atoms with van der Waals surface area (Å²) in [6, 6.07) is 16.8. The predicted molar refractivity (Wildman–Crippen MR) is 98.5 cm³/mol. The minimum atomic E-state index is -0.0970. The first-order valence-corrected chi connectivity index (χ1v) is 9.16. The van der Waals surface area contributed by atoms with Gasteiger partial charge in [0.25, 0.3) is 0 Å². The summed E-state index contributed by atoms with van der Waals surface area (Å²) in [5.74, 6) is 1.02. The Balaban J connectivity index is 1.58.